The van der Waals surface area contributed by atoms with E-state index in [0.29, 0.717) is 26.1 Å². The van der Waals surface area contributed by atoms with E-state index in [9.17, 15) is 9.59 Å². The molecule has 0 N–H and O–H groups in total. The van der Waals surface area contributed by atoms with Crippen LogP contribution in [0.15, 0.2) is 0 Å². The van der Waals surface area contributed by atoms with Gasteiger partial charge in [0, 0.05) is 25.9 Å². The maximum absolute atomic E-state index is 12.0. The highest BCUT2D eigenvalue weighted by Gasteiger charge is 2.15. The Morgan fingerprint density at radius 1 is 0.478 bits per heavy atom. The highest BCUT2D eigenvalue weighted by molar-refractivity contribution is 5.69. The molecule has 2 fully saturated rings. The second-order valence-corrected chi connectivity index (χ2v) is 15.1. The maximum Gasteiger partial charge on any atom is 0.305 e. The lowest BCUT2D eigenvalue weighted by molar-refractivity contribution is -0.145. The van der Waals surface area contributed by atoms with Crippen molar-refractivity contribution in [1.82, 2.24) is 9.80 Å². The average molecular weight is 649 g/mol. The van der Waals surface area contributed by atoms with Gasteiger partial charge in [0.2, 0.25) is 0 Å². The zero-order chi connectivity index (χ0) is 32.9. The summed E-state index contributed by atoms with van der Waals surface area (Å²) < 4.78 is 11.0. The molecule has 0 bridgehead atoms. The van der Waals surface area contributed by atoms with Crippen LogP contribution in [0.1, 0.15) is 180 Å². The van der Waals surface area contributed by atoms with Gasteiger partial charge in [0.05, 0.1) is 13.2 Å². The van der Waals surface area contributed by atoms with Crippen LogP contribution in [0.2, 0.25) is 0 Å². The summed E-state index contributed by atoms with van der Waals surface area (Å²) in [6.07, 6.45) is 34.0. The minimum Gasteiger partial charge on any atom is -0.466 e. The molecule has 46 heavy (non-hydrogen) atoms. The van der Waals surface area contributed by atoms with Crippen LogP contribution in [0.4, 0.5) is 0 Å². The van der Waals surface area contributed by atoms with Gasteiger partial charge in [0.25, 0.3) is 0 Å². The Morgan fingerprint density at radius 3 is 1.24 bits per heavy atom. The third-order valence-corrected chi connectivity index (χ3v) is 10.6. The fourth-order valence-electron chi connectivity index (χ4n) is 7.43. The Kier molecular flexibility index (Phi) is 25.7. The van der Waals surface area contributed by atoms with Gasteiger partial charge in [-0.25, -0.2) is 0 Å². The van der Waals surface area contributed by atoms with E-state index in [2.05, 4.69) is 23.9 Å². The van der Waals surface area contributed by atoms with Crippen molar-refractivity contribution >= 4 is 11.9 Å². The van der Waals surface area contributed by atoms with Gasteiger partial charge in [-0.15, -0.1) is 0 Å². The van der Waals surface area contributed by atoms with Gasteiger partial charge in [-0.1, -0.05) is 128 Å². The number of carbonyl (C=O) groups excluding carboxylic acids is 2. The second kappa shape index (κ2) is 28.8. The Labute approximate surface area is 285 Å². The van der Waals surface area contributed by atoms with Crippen molar-refractivity contribution < 1.29 is 19.1 Å². The van der Waals surface area contributed by atoms with Gasteiger partial charge in [-0.05, 0) is 77.5 Å². The molecule has 0 heterocycles. The molecule has 0 spiro atoms. The zero-order valence-corrected chi connectivity index (χ0v) is 30.7. The number of hydrogen-bond donors (Lipinski definition) is 0. The number of unbranched alkanes of at least 4 members (excludes halogenated alkanes) is 12. The van der Waals surface area contributed by atoms with Crippen LogP contribution in [-0.2, 0) is 19.1 Å². The molecule has 0 saturated heterocycles. The standard InChI is InChI=1S/C40H76N2O4/c1-41(2)33-34-42(31-21-11-7-3-5-9-19-27-39(43)45-35-29-37-23-15-13-16-24-37)32-22-12-8-4-6-10-20-28-40(44)46-36-30-38-25-17-14-18-26-38/h37-38H,3-36H2,1-2H3. The molecule has 0 aromatic heterocycles. The van der Waals surface area contributed by atoms with E-state index >= 15 is 0 Å². The van der Waals surface area contributed by atoms with Crippen LogP contribution in [0.25, 0.3) is 0 Å². The summed E-state index contributed by atoms with van der Waals surface area (Å²) in [5, 5.41) is 0. The topological polar surface area (TPSA) is 59.1 Å². The molecule has 0 aliphatic heterocycles. The lowest BCUT2D eigenvalue weighted by Gasteiger charge is -2.24. The molecule has 2 aliphatic rings. The lowest BCUT2D eigenvalue weighted by Crippen LogP contribution is -2.33. The Hall–Kier alpha value is -1.14. The minimum atomic E-state index is 0.0161. The SMILES string of the molecule is CN(C)CCN(CCCCCCCCCC(=O)OCCC1CCCCC1)CCCCCCCCCC(=O)OCCC1CCCCC1. The number of nitrogens with zero attached hydrogens (tertiary/aromatic N) is 2. The van der Waals surface area contributed by atoms with Crippen LogP contribution in [0.5, 0.6) is 0 Å². The smallest absolute Gasteiger partial charge is 0.305 e. The molecule has 2 rings (SSSR count). The van der Waals surface area contributed by atoms with Crippen LogP contribution < -0.4 is 0 Å². The van der Waals surface area contributed by atoms with Crippen molar-refractivity contribution in [3.63, 3.8) is 0 Å². The third-order valence-electron chi connectivity index (χ3n) is 10.6. The molecule has 0 aromatic rings. The molecule has 0 amide bonds. The van der Waals surface area contributed by atoms with Crippen LogP contribution in [-0.4, -0.2) is 75.2 Å². The first kappa shape index (κ1) is 41.0. The van der Waals surface area contributed by atoms with Crippen molar-refractivity contribution in [2.75, 3.05) is 53.5 Å². The van der Waals surface area contributed by atoms with E-state index < -0.39 is 0 Å². The lowest BCUT2D eigenvalue weighted by atomic mass is 9.87. The second-order valence-electron chi connectivity index (χ2n) is 15.1. The van der Waals surface area contributed by atoms with Crippen molar-refractivity contribution in [2.45, 2.75) is 180 Å². The molecule has 0 aromatic carbocycles. The summed E-state index contributed by atoms with van der Waals surface area (Å²) in [6.45, 7) is 6.01. The molecule has 6 nitrogen and oxygen atoms in total. The zero-order valence-electron chi connectivity index (χ0n) is 30.7. The molecule has 0 unspecified atom stereocenters. The first-order valence-electron chi connectivity index (χ1n) is 20.2. The fourth-order valence-corrected chi connectivity index (χ4v) is 7.43. The first-order chi connectivity index (χ1) is 22.5. The molecule has 2 saturated carbocycles. The van der Waals surface area contributed by atoms with Crippen LogP contribution >= 0.6 is 0 Å². The van der Waals surface area contributed by atoms with Crippen molar-refractivity contribution in [3.8, 4) is 0 Å². The first-order valence-corrected chi connectivity index (χ1v) is 20.2. The number of carbonyl (C=O) groups is 2. The van der Waals surface area contributed by atoms with E-state index in [1.165, 1.54) is 148 Å². The number of hydrogen-bond acceptors (Lipinski definition) is 6. The summed E-state index contributed by atoms with van der Waals surface area (Å²) in [4.78, 5) is 29.0. The summed E-state index contributed by atoms with van der Waals surface area (Å²) >= 11 is 0. The van der Waals surface area contributed by atoms with E-state index in [0.717, 1.165) is 56.9 Å². The minimum absolute atomic E-state index is 0.0161. The summed E-state index contributed by atoms with van der Waals surface area (Å²) in [5.41, 5.74) is 0. The third kappa shape index (κ3) is 24.1. The van der Waals surface area contributed by atoms with Crippen LogP contribution in [0, 0.1) is 11.8 Å². The molecule has 0 radical (unpaired) electrons. The fraction of sp³-hybridized carbons (Fsp3) is 0.950. The Bertz CT molecular complexity index is 664. The summed E-state index contributed by atoms with van der Waals surface area (Å²) in [5.74, 6) is 1.61. The monoisotopic (exact) mass is 649 g/mol. The van der Waals surface area contributed by atoms with E-state index in [1.54, 1.807) is 0 Å². The number of esters is 2. The predicted octanol–water partition coefficient (Wildman–Crippen LogP) is 10.1. The molecule has 0 atom stereocenters. The van der Waals surface area contributed by atoms with Crippen molar-refractivity contribution in [1.29, 1.82) is 0 Å². The summed E-state index contributed by atoms with van der Waals surface area (Å²) in [6, 6.07) is 0. The Morgan fingerprint density at radius 2 is 0.848 bits per heavy atom. The number of likely N-dealkylation sites (N-methyl/N-ethyl adjacent to an activating group) is 1. The van der Waals surface area contributed by atoms with Gasteiger partial charge < -0.3 is 19.3 Å². The summed E-state index contributed by atoms with van der Waals surface area (Å²) in [7, 11) is 4.35. The normalized spacial score (nSPS) is 16.3. The van der Waals surface area contributed by atoms with E-state index in [-0.39, 0.29) is 11.9 Å². The van der Waals surface area contributed by atoms with Crippen molar-refractivity contribution in [2.24, 2.45) is 11.8 Å². The molecular weight excluding hydrogens is 572 g/mol. The largest absolute Gasteiger partial charge is 0.466 e. The van der Waals surface area contributed by atoms with E-state index in [4.69, 9.17) is 9.47 Å². The maximum atomic E-state index is 12.0. The van der Waals surface area contributed by atoms with Gasteiger partial charge in [-0.2, -0.15) is 0 Å². The molecule has 2 aliphatic carbocycles. The van der Waals surface area contributed by atoms with Crippen LogP contribution in [0.3, 0.4) is 0 Å². The highest BCUT2D eigenvalue weighted by atomic mass is 16.5. The quantitative estimate of drug-likeness (QED) is 0.0594. The Balaban J connectivity index is 1.36. The number of ether oxygens (including phenoxy) is 2. The van der Waals surface area contributed by atoms with E-state index in [1.807, 2.05) is 0 Å². The molecule has 6 heteroatoms. The van der Waals surface area contributed by atoms with Gasteiger partial charge >= 0.3 is 11.9 Å². The van der Waals surface area contributed by atoms with Gasteiger partial charge in [-0.3, -0.25) is 9.59 Å². The van der Waals surface area contributed by atoms with Gasteiger partial charge in [0.1, 0.15) is 0 Å². The molecular formula is C40H76N2O4. The molecule has 270 valence electrons. The van der Waals surface area contributed by atoms with Crippen molar-refractivity contribution in [3.05, 3.63) is 0 Å². The number of rotatable bonds is 29. The predicted molar refractivity (Wildman–Crippen MR) is 193 cm³/mol. The average Bonchev–Trinajstić information content (AvgIpc) is 3.06. The highest BCUT2D eigenvalue weighted by Crippen LogP contribution is 2.27. The van der Waals surface area contributed by atoms with Gasteiger partial charge in [0.15, 0.2) is 0 Å².